The summed E-state index contributed by atoms with van der Waals surface area (Å²) in [5.74, 6) is 0. The van der Waals surface area contributed by atoms with Crippen molar-refractivity contribution in [2.24, 2.45) is 0 Å². The number of aliphatic hydroxyl groups is 1. The first-order chi connectivity index (χ1) is 9.69. The SMILES string of the molecule is CCOC[C@H](O)CN1CCO[C@H](c2cccc(Br)c2)C1. The molecule has 112 valence electrons. The number of benzene rings is 1. The average Bonchev–Trinajstić information content (AvgIpc) is 2.45. The Kier molecular flexibility index (Phi) is 6.45. The summed E-state index contributed by atoms with van der Waals surface area (Å²) in [4.78, 5) is 2.23. The molecular formula is C15H22BrNO3. The van der Waals surface area contributed by atoms with E-state index in [4.69, 9.17) is 9.47 Å². The maximum Gasteiger partial charge on any atom is 0.0952 e. The monoisotopic (exact) mass is 343 g/mol. The fourth-order valence-electron chi connectivity index (χ4n) is 2.38. The lowest BCUT2D eigenvalue weighted by Gasteiger charge is -2.34. The molecule has 0 radical (unpaired) electrons. The third kappa shape index (κ3) is 4.82. The molecule has 1 aliphatic rings. The molecule has 1 aromatic rings. The lowest BCUT2D eigenvalue weighted by atomic mass is 10.1. The molecule has 5 heteroatoms. The number of rotatable bonds is 6. The van der Waals surface area contributed by atoms with Gasteiger partial charge in [0, 0.05) is 30.7 Å². The molecule has 1 N–H and O–H groups in total. The predicted octanol–water partition coefficient (Wildman–Crippen LogP) is 2.22. The van der Waals surface area contributed by atoms with Crippen LogP contribution >= 0.6 is 15.9 Å². The highest BCUT2D eigenvalue weighted by atomic mass is 79.9. The van der Waals surface area contributed by atoms with Gasteiger partial charge in [0.15, 0.2) is 0 Å². The van der Waals surface area contributed by atoms with Gasteiger partial charge in [-0.3, -0.25) is 4.90 Å². The minimum absolute atomic E-state index is 0.0699. The zero-order valence-electron chi connectivity index (χ0n) is 11.8. The molecule has 0 bridgehead atoms. The molecular weight excluding hydrogens is 322 g/mol. The van der Waals surface area contributed by atoms with Crippen LogP contribution in [0.5, 0.6) is 0 Å². The highest BCUT2D eigenvalue weighted by Crippen LogP contribution is 2.24. The van der Waals surface area contributed by atoms with E-state index in [1.165, 1.54) is 5.56 Å². The number of aliphatic hydroxyl groups excluding tert-OH is 1. The fraction of sp³-hybridized carbons (Fsp3) is 0.600. The molecule has 0 aliphatic carbocycles. The van der Waals surface area contributed by atoms with Crippen LogP contribution in [0.1, 0.15) is 18.6 Å². The summed E-state index contributed by atoms with van der Waals surface area (Å²) in [6.45, 7) is 5.96. The highest BCUT2D eigenvalue weighted by Gasteiger charge is 2.23. The summed E-state index contributed by atoms with van der Waals surface area (Å²) < 4.78 is 12.1. The van der Waals surface area contributed by atoms with E-state index in [1.54, 1.807) is 0 Å². The van der Waals surface area contributed by atoms with Crippen molar-refractivity contribution in [3.05, 3.63) is 34.3 Å². The molecule has 2 rings (SSSR count). The molecule has 1 fully saturated rings. The first-order valence-corrected chi connectivity index (χ1v) is 7.83. The highest BCUT2D eigenvalue weighted by molar-refractivity contribution is 9.10. The maximum absolute atomic E-state index is 9.92. The Morgan fingerprint density at radius 3 is 3.15 bits per heavy atom. The number of nitrogens with zero attached hydrogens (tertiary/aromatic N) is 1. The van der Waals surface area contributed by atoms with Crippen LogP contribution in [0, 0.1) is 0 Å². The van der Waals surface area contributed by atoms with Crippen molar-refractivity contribution in [1.29, 1.82) is 0 Å². The quantitative estimate of drug-likeness (QED) is 0.859. The van der Waals surface area contributed by atoms with Crippen LogP contribution in [0.4, 0.5) is 0 Å². The minimum atomic E-state index is -0.434. The van der Waals surface area contributed by atoms with E-state index in [1.807, 2.05) is 19.1 Å². The van der Waals surface area contributed by atoms with Gasteiger partial charge in [-0.05, 0) is 24.6 Å². The molecule has 0 spiro atoms. The van der Waals surface area contributed by atoms with Crippen molar-refractivity contribution in [1.82, 2.24) is 4.90 Å². The molecule has 20 heavy (non-hydrogen) atoms. The maximum atomic E-state index is 9.92. The summed E-state index contributed by atoms with van der Waals surface area (Å²) in [6.07, 6.45) is -0.364. The van der Waals surface area contributed by atoms with E-state index >= 15 is 0 Å². The number of morpholine rings is 1. The molecule has 0 saturated carbocycles. The van der Waals surface area contributed by atoms with Crippen LogP contribution < -0.4 is 0 Å². The molecule has 1 heterocycles. The predicted molar refractivity (Wildman–Crippen MR) is 81.8 cm³/mol. The van der Waals surface area contributed by atoms with Crippen LogP contribution in [-0.2, 0) is 9.47 Å². The van der Waals surface area contributed by atoms with Crippen molar-refractivity contribution in [2.75, 3.05) is 39.5 Å². The van der Waals surface area contributed by atoms with Crippen LogP contribution in [-0.4, -0.2) is 55.6 Å². The van der Waals surface area contributed by atoms with Gasteiger partial charge in [-0.25, -0.2) is 0 Å². The van der Waals surface area contributed by atoms with Crippen LogP contribution in [0.25, 0.3) is 0 Å². The van der Waals surface area contributed by atoms with Gasteiger partial charge >= 0.3 is 0 Å². The summed E-state index contributed by atoms with van der Waals surface area (Å²) in [5, 5.41) is 9.92. The number of halogens is 1. The van der Waals surface area contributed by atoms with E-state index in [2.05, 4.69) is 33.0 Å². The second-order valence-corrected chi connectivity index (χ2v) is 5.90. The fourth-order valence-corrected chi connectivity index (χ4v) is 2.80. The van der Waals surface area contributed by atoms with E-state index in [-0.39, 0.29) is 6.10 Å². The van der Waals surface area contributed by atoms with Gasteiger partial charge in [-0.1, -0.05) is 28.1 Å². The Bertz CT molecular complexity index is 416. The Hall–Kier alpha value is -0.460. The smallest absolute Gasteiger partial charge is 0.0952 e. The topological polar surface area (TPSA) is 41.9 Å². The summed E-state index contributed by atoms with van der Waals surface area (Å²) >= 11 is 3.49. The zero-order chi connectivity index (χ0) is 14.4. The van der Waals surface area contributed by atoms with Gasteiger partial charge in [0.1, 0.15) is 0 Å². The third-order valence-corrected chi connectivity index (χ3v) is 3.85. The third-order valence-electron chi connectivity index (χ3n) is 3.35. The second kappa shape index (κ2) is 8.10. The summed E-state index contributed by atoms with van der Waals surface area (Å²) in [5.41, 5.74) is 1.17. The van der Waals surface area contributed by atoms with E-state index < -0.39 is 6.10 Å². The summed E-state index contributed by atoms with van der Waals surface area (Å²) in [6, 6.07) is 8.20. The Labute approximate surface area is 128 Å². The number of hydrogen-bond acceptors (Lipinski definition) is 4. The second-order valence-electron chi connectivity index (χ2n) is 4.99. The lowest BCUT2D eigenvalue weighted by molar-refractivity contribution is -0.0517. The number of ether oxygens (including phenoxy) is 2. The molecule has 1 aromatic carbocycles. The van der Waals surface area contributed by atoms with Crippen molar-refractivity contribution in [3.8, 4) is 0 Å². The normalized spacial score (nSPS) is 21.9. The first kappa shape index (κ1) is 15.9. The van der Waals surface area contributed by atoms with E-state index in [9.17, 15) is 5.11 Å². The van der Waals surface area contributed by atoms with E-state index in [0.717, 1.165) is 17.6 Å². The lowest BCUT2D eigenvalue weighted by Crippen LogP contribution is -2.43. The molecule has 0 unspecified atom stereocenters. The van der Waals surface area contributed by atoms with Crippen molar-refractivity contribution < 1.29 is 14.6 Å². The largest absolute Gasteiger partial charge is 0.389 e. The van der Waals surface area contributed by atoms with Gasteiger partial charge < -0.3 is 14.6 Å². The standard InChI is InChI=1S/C15H22BrNO3/c1-2-19-11-14(18)9-17-6-7-20-15(10-17)12-4-3-5-13(16)8-12/h3-5,8,14-15,18H,2,6-7,9-11H2,1H3/t14-,15+/m1/s1. The summed E-state index contributed by atoms with van der Waals surface area (Å²) in [7, 11) is 0. The van der Waals surface area contributed by atoms with Gasteiger partial charge in [-0.2, -0.15) is 0 Å². The minimum Gasteiger partial charge on any atom is -0.389 e. The molecule has 1 aliphatic heterocycles. The number of hydrogen-bond donors (Lipinski definition) is 1. The first-order valence-electron chi connectivity index (χ1n) is 7.04. The average molecular weight is 344 g/mol. The molecule has 1 saturated heterocycles. The Morgan fingerprint density at radius 2 is 2.40 bits per heavy atom. The van der Waals surface area contributed by atoms with Crippen molar-refractivity contribution in [2.45, 2.75) is 19.1 Å². The van der Waals surface area contributed by atoms with Crippen LogP contribution in [0.3, 0.4) is 0 Å². The van der Waals surface area contributed by atoms with Gasteiger partial charge in [0.2, 0.25) is 0 Å². The zero-order valence-corrected chi connectivity index (χ0v) is 13.4. The molecule has 0 aromatic heterocycles. The van der Waals surface area contributed by atoms with Crippen LogP contribution in [0.2, 0.25) is 0 Å². The number of β-amino-alcohol motifs (C(OH)–C–C–N with tert-alkyl or cyclic N) is 1. The van der Waals surface area contributed by atoms with Gasteiger partial charge in [-0.15, -0.1) is 0 Å². The van der Waals surface area contributed by atoms with Crippen molar-refractivity contribution >= 4 is 15.9 Å². The Balaban J connectivity index is 1.88. The molecule has 0 amide bonds. The Morgan fingerprint density at radius 1 is 1.55 bits per heavy atom. The van der Waals surface area contributed by atoms with E-state index in [0.29, 0.717) is 26.4 Å². The van der Waals surface area contributed by atoms with Gasteiger partial charge in [0.25, 0.3) is 0 Å². The van der Waals surface area contributed by atoms with Crippen molar-refractivity contribution in [3.63, 3.8) is 0 Å². The molecule has 4 nitrogen and oxygen atoms in total. The van der Waals surface area contributed by atoms with Gasteiger partial charge in [0.05, 0.1) is 25.4 Å². The van der Waals surface area contributed by atoms with Crippen LogP contribution in [0.15, 0.2) is 28.7 Å². The molecule has 2 atom stereocenters.